The zero-order valence-electron chi connectivity index (χ0n) is 7.96. The van der Waals surface area contributed by atoms with Crippen molar-refractivity contribution in [3.63, 3.8) is 0 Å². The first-order chi connectivity index (χ1) is 6.16. The third-order valence-corrected chi connectivity index (χ3v) is 2.24. The lowest BCUT2D eigenvalue weighted by Gasteiger charge is -1.93. The molecule has 1 aliphatic rings. The fraction of sp³-hybridized carbons (Fsp3) is 0.556. The molecule has 0 spiro atoms. The van der Waals surface area contributed by atoms with Gasteiger partial charge in [0.25, 0.3) is 0 Å². The van der Waals surface area contributed by atoms with Crippen LogP contribution in [-0.2, 0) is 0 Å². The maximum Gasteiger partial charge on any atom is 0.173 e. The van der Waals surface area contributed by atoms with Gasteiger partial charge in [0, 0.05) is 5.69 Å². The Hall–Kier alpha value is -1.32. The molecule has 13 heavy (non-hydrogen) atoms. The first-order valence-corrected chi connectivity index (χ1v) is 4.53. The number of rotatable bonds is 2. The molecular formula is C9H14N4. The van der Waals surface area contributed by atoms with Gasteiger partial charge in [0.15, 0.2) is 11.7 Å². The monoisotopic (exact) mass is 178 g/mol. The fourth-order valence-corrected chi connectivity index (χ4v) is 1.13. The lowest BCUT2D eigenvalue weighted by atomic mass is 10.4. The van der Waals surface area contributed by atoms with Gasteiger partial charge in [-0.25, -0.2) is 4.98 Å². The molecule has 0 bridgehead atoms. The van der Waals surface area contributed by atoms with Crippen LogP contribution in [0, 0.1) is 13.8 Å². The van der Waals surface area contributed by atoms with Gasteiger partial charge in [-0.2, -0.15) is 0 Å². The fourth-order valence-electron chi connectivity index (χ4n) is 1.13. The third-order valence-electron chi connectivity index (χ3n) is 2.24. The summed E-state index contributed by atoms with van der Waals surface area (Å²) in [5, 5.41) is 0. The van der Waals surface area contributed by atoms with E-state index in [1.807, 2.05) is 13.8 Å². The Morgan fingerprint density at radius 1 is 1.54 bits per heavy atom. The van der Waals surface area contributed by atoms with Crippen LogP contribution in [0.25, 0.3) is 0 Å². The molecule has 1 aromatic heterocycles. The zero-order valence-corrected chi connectivity index (χ0v) is 7.96. The summed E-state index contributed by atoms with van der Waals surface area (Å²) in [6.45, 7) is 3.94. The van der Waals surface area contributed by atoms with Crippen LogP contribution in [0.4, 0.5) is 0 Å². The Labute approximate surface area is 77.3 Å². The number of aromatic nitrogens is 2. The molecule has 0 aliphatic heterocycles. The summed E-state index contributed by atoms with van der Waals surface area (Å²) in [6.07, 6.45) is 2.33. The van der Waals surface area contributed by atoms with Gasteiger partial charge in [-0.1, -0.05) is 0 Å². The third kappa shape index (κ3) is 1.71. The van der Waals surface area contributed by atoms with Gasteiger partial charge in [-0.3, -0.25) is 4.99 Å². The number of imidazole rings is 1. The quantitative estimate of drug-likeness (QED) is 0.521. The number of aliphatic imine (C=N–C) groups is 1. The minimum absolute atomic E-state index is 0.450. The topological polar surface area (TPSA) is 67.1 Å². The molecule has 3 N–H and O–H groups in total. The van der Waals surface area contributed by atoms with Gasteiger partial charge in [0.2, 0.25) is 0 Å². The Kier molecular flexibility index (Phi) is 1.83. The van der Waals surface area contributed by atoms with Crippen molar-refractivity contribution in [3.05, 3.63) is 17.2 Å². The number of hydrogen-bond donors (Lipinski definition) is 2. The first kappa shape index (κ1) is 8.29. The molecule has 1 fully saturated rings. The van der Waals surface area contributed by atoms with Crippen molar-refractivity contribution in [2.45, 2.75) is 32.7 Å². The number of nitrogens with two attached hydrogens (primary N) is 1. The van der Waals surface area contributed by atoms with Crippen LogP contribution in [0.15, 0.2) is 4.99 Å². The molecule has 0 unspecified atom stereocenters. The number of nitrogens with one attached hydrogen (secondary N) is 1. The zero-order chi connectivity index (χ0) is 9.42. The Balaban J connectivity index is 2.23. The highest BCUT2D eigenvalue weighted by atomic mass is 15.0. The summed E-state index contributed by atoms with van der Waals surface area (Å²) in [6, 6.07) is 0.450. The van der Waals surface area contributed by atoms with Gasteiger partial charge < -0.3 is 10.7 Å². The summed E-state index contributed by atoms with van der Waals surface area (Å²) >= 11 is 0. The van der Waals surface area contributed by atoms with Crippen LogP contribution in [0.1, 0.15) is 30.1 Å². The van der Waals surface area contributed by atoms with E-state index in [1.165, 1.54) is 12.8 Å². The Bertz CT molecular complexity index is 327. The number of hydrogen-bond acceptors (Lipinski definition) is 2. The van der Waals surface area contributed by atoms with Crippen LogP contribution < -0.4 is 5.73 Å². The van der Waals surface area contributed by atoms with Crippen molar-refractivity contribution >= 4 is 5.84 Å². The second-order valence-electron chi connectivity index (χ2n) is 3.54. The van der Waals surface area contributed by atoms with E-state index in [9.17, 15) is 0 Å². The number of aromatic amines is 1. The molecule has 0 atom stereocenters. The lowest BCUT2D eigenvalue weighted by Crippen LogP contribution is -2.16. The highest BCUT2D eigenvalue weighted by Gasteiger charge is 2.21. The summed E-state index contributed by atoms with van der Waals surface area (Å²) < 4.78 is 0. The number of H-pyrrole nitrogens is 1. The van der Waals surface area contributed by atoms with E-state index in [-0.39, 0.29) is 0 Å². The van der Waals surface area contributed by atoms with Crippen molar-refractivity contribution in [2.75, 3.05) is 0 Å². The van der Waals surface area contributed by atoms with E-state index >= 15 is 0 Å². The van der Waals surface area contributed by atoms with Gasteiger partial charge in [-0.15, -0.1) is 0 Å². The van der Waals surface area contributed by atoms with Gasteiger partial charge >= 0.3 is 0 Å². The highest BCUT2D eigenvalue weighted by molar-refractivity contribution is 5.94. The van der Waals surface area contributed by atoms with E-state index in [4.69, 9.17) is 5.73 Å². The Morgan fingerprint density at radius 2 is 2.23 bits per heavy atom. The van der Waals surface area contributed by atoms with Crippen molar-refractivity contribution in [3.8, 4) is 0 Å². The van der Waals surface area contributed by atoms with E-state index in [2.05, 4.69) is 15.0 Å². The molecule has 1 heterocycles. The van der Waals surface area contributed by atoms with Gasteiger partial charge in [-0.05, 0) is 26.7 Å². The molecule has 0 aromatic carbocycles. The molecule has 1 aromatic rings. The van der Waals surface area contributed by atoms with Gasteiger partial charge in [0.1, 0.15) is 0 Å². The second-order valence-corrected chi connectivity index (χ2v) is 3.54. The van der Waals surface area contributed by atoms with Crippen molar-refractivity contribution in [1.82, 2.24) is 9.97 Å². The molecule has 70 valence electrons. The average Bonchev–Trinajstić information content (AvgIpc) is 2.81. The summed E-state index contributed by atoms with van der Waals surface area (Å²) in [4.78, 5) is 11.7. The van der Waals surface area contributed by atoms with Crippen molar-refractivity contribution in [1.29, 1.82) is 0 Å². The first-order valence-electron chi connectivity index (χ1n) is 4.53. The smallest absolute Gasteiger partial charge is 0.173 e. The number of nitrogens with zero attached hydrogens (tertiary/aromatic N) is 2. The van der Waals surface area contributed by atoms with Crippen LogP contribution >= 0.6 is 0 Å². The predicted molar refractivity (Wildman–Crippen MR) is 51.8 cm³/mol. The van der Waals surface area contributed by atoms with E-state index in [0.29, 0.717) is 17.7 Å². The summed E-state index contributed by atoms with van der Waals surface area (Å²) in [5.74, 6) is 1.25. The van der Waals surface area contributed by atoms with Crippen LogP contribution in [0.2, 0.25) is 0 Å². The van der Waals surface area contributed by atoms with Crippen molar-refractivity contribution in [2.24, 2.45) is 10.7 Å². The molecule has 4 nitrogen and oxygen atoms in total. The van der Waals surface area contributed by atoms with Crippen LogP contribution in [0.5, 0.6) is 0 Å². The van der Waals surface area contributed by atoms with E-state index in [1.54, 1.807) is 0 Å². The Morgan fingerprint density at radius 3 is 2.69 bits per heavy atom. The van der Waals surface area contributed by atoms with E-state index < -0.39 is 0 Å². The standard InChI is InChI=1S/C9H14N4/c1-5-6(2)12-9(11-5)8(10)13-7-3-4-7/h7H,3-4H2,1-2H3,(H2,10,13)(H,11,12). The molecular weight excluding hydrogens is 164 g/mol. The molecule has 0 saturated heterocycles. The molecule has 1 saturated carbocycles. The van der Waals surface area contributed by atoms with Crippen molar-refractivity contribution < 1.29 is 0 Å². The normalized spacial score (nSPS) is 17.8. The maximum atomic E-state index is 5.77. The summed E-state index contributed by atoms with van der Waals surface area (Å²) in [5.41, 5.74) is 7.82. The molecule has 4 heteroatoms. The molecule has 2 rings (SSSR count). The predicted octanol–water partition coefficient (Wildman–Crippen LogP) is 0.894. The minimum atomic E-state index is 0.450. The highest BCUT2D eigenvalue weighted by Crippen LogP contribution is 2.23. The second kappa shape index (κ2) is 2.87. The minimum Gasteiger partial charge on any atom is -0.381 e. The average molecular weight is 178 g/mol. The SMILES string of the molecule is Cc1nc(C(N)=NC2CC2)[nH]c1C. The number of aryl methyl sites for hydroxylation is 2. The molecule has 0 amide bonds. The van der Waals surface area contributed by atoms with E-state index in [0.717, 1.165) is 11.4 Å². The maximum absolute atomic E-state index is 5.77. The van der Waals surface area contributed by atoms with Gasteiger partial charge in [0.05, 0.1) is 11.7 Å². The molecule has 0 radical (unpaired) electrons. The number of amidine groups is 1. The largest absolute Gasteiger partial charge is 0.381 e. The van der Waals surface area contributed by atoms with Crippen LogP contribution in [-0.4, -0.2) is 21.8 Å². The lowest BCUT2D eigenvalue weighted by molar-refractivity contribution is 1.05. The molecule has 1 aliphatic carbocycles. The van der Waals surface area contributed by atoms with Crippen LogP contribution in [0.3, 0.4) is 0 Å². The summed E-state index contributed by atoms with van der Waals surface area (Å²) in [7, 11) is 0.